The second-order valence-electron chi connectivity index (χ2n) is 6.75. The molecule has 8 heteroatoms. The number of piperidine rings is 1. The number of halogens is 3. The summed E-state index contributed by atoms with van der Waals surface area (Å²) in [4.78, 5) is 13.8. The van der Waals surface area contributed by atoms with E-state index < -0.39 is 12.1 Å². The van der Waals surface area contributed by atoms with E-state index in [9.17, 15) is 18.0 Å². The van der Waals surface area contributed by atoms with E-state index in [1.165, 1.54) is 0 Å². The van der Waals surface area contributed by atoms with Crippen LogP contribution in [0.25, 0.3) is 0 Å². The van der Waals surface area contributed by atoms with Crippen molar-refractivity contribution in [3.8, 4) is 0 Å². The highest BCUT2D eigenvalue weighted by atomic mass is 19.4. The average Bonchev–Trinajstić information content (AvgIpc) is 2.53. The lowest BCUT2D eigenvalue weighted by atomic mass is 9.87. The van der Waals surface area contributed by atoms with Gasteiger partial charge in [-0.05, 0) is 45.4 Å². The molecule has 0 aromatic carbocycles. The summed E-state index contributed by atoms with van der Waals surface area (Å²) in [6, 6.07) is -0.527. The Hall–Kier alpha value is -1.02. The van der Waals surface area contributed by atoms with Crippen LogP contribution in [0.15, 0.2) is 0 Å². The van der Waals surface area contributed by atoms with Crippen LogP contribution < -0.4 is 11.1 Å². The van der Waals surface area contributed by atoms with E-state index in [0.29, 0.717) is 32.5 Å². The molecule has 2 aliphatic rings. The minimum absolute atomic E-state index is 0.116. The van der Waals surface area contributed by atoms with Gasteiger partial charge in [0.25, 0.3) is 0 Å². The average molecular weight is 351 g/mol. The predicted molar refractivity (Wildman–Crippen MR) is 84.5 cm³/mol. The zero-order valence-electron chi connectivity index (χ0n) is 14.1. The number of urea groups is 1. The molecule has 1 heterocycles. The van der Waals surface area contributed by atoms with Crippen molar-refractivity contribution in [1.82, 2.24) is 10.2 Å². The maximum atomic E-state index is 12.7. The smallest absolute Gasteiger partial charge is 0.376 e. The van der Waals surface area contributed by atoms with Gasteiger partial charge in [-0.3, -0.25) is 0 Å². The van der Waals surface area contributed by atoms with Gasteiger partial charge in [-0.1, -0.05) is 0 Å². The highest BCUT2D eigenvalue weighted by Gasteiger charge is 2.42. The molecule has 3 N–H and O–H groups in total. The lowest BCUT2D eigenvalue weighted by molar-refractivity contribution is -0.188. The third-order valence-corrected chi connectivity index (χ3v) is 5.06. The van der Waals surface area contributed by atoms with E-state index in [4.69, 9.17) is 10.5 Å². The van der Waals surface area contributed by atoms with Crippen LogP contribution in [0.3, 0.4) is 0 Å². The van der Waals surface area contributed by atoms with Crippen LogP contribution in [0.1, 0.15) is 45.4 Å². The third-order valence-electron chi connectivity index (χ3n) is 5.06. The molecular weight excluding hydrogens is 323 g/mol. The Balaban J connectivity index is 1.84. The molecule has 2 amide bonds. The lowest BCUT2D eigenvalue weighted by Gasteiger charge is -2.40. The molecule has 1 saturated carbocycles. The number of hydrogen-bond donors (Lipinski definition) is 2. The molecule has 0 aromatic rings. The standard InChI is InChI=1S/C16H28F3N3O2/c1-2-21-15(23)22-9-3-4-13(20)14(22)10-24-12-7-5-11(6-8-12)16(17,18)19/h11-14H,2-10,20H2,1H3,(H,21,23)/t11?,12?,13-,14-/m0/s1. The van der Waals surface area contributed by atoms with E-state index in [1.807, 2.05) is 6.92 Å². The minimum Gasteiger partial charge on any atom is -0.376 e. The summed E-state index contributed by atoms with van der Waals surface area (Å²) in [6.45, 7) is 3.32. The summed E-state index contributed by atoms with van der Waals surface area (Å²) in [5.41, 5.74) is 6.15. The summed E-state index contributed by atoms with van der Waals surface area (Å²) >= 11 is 0. The number of carbonyl (C=O) groups is 1. The number of alkyl halides is 3. The number of carbonyl (C=O) groups excluding carboxylic acids is 1. The summed E-state index contributed by atoms with van der Waals surface area (Å²) in [7, 11) is 0. The van der Waals surface area contributed by atoms with Crippen molar-refractivity contribution in [3.05, 3.63) is 0 Å². The van der Waals surface area contributed by atoms with E-state index in [1.54, 1.807) is 4.90 Å². The number of amides is 2. The lowest BCUT2D eigenvalue weighted by Crippen LogP contribution is -2.59. The van der Waals surface area contributed by atoms with Crippen LogP contribution in [0.5, 0.6) is 0 Å². The van der Waals surface area contributed by atoms with Crippen molar-refractivity contribution >= 4 is 6.03 Å². The number of hydrogen-bond acceptors (Lipinski definition) is 3. The Morgan fingerprint density at radius 2 is 1.92 bits per heavy atom. The van der Waals surface area contributed by atoms with Crippen molar-refractivity contribution in [2.45, 2.75) is 69.8 Å². The molecule has 2 atom stereocenters. The molecule has 24 heavy (non-hydrogen) atoms. The van der Waals surface area contributed by atoms with Gasteiger partial charge in [-0.2, -0.15) is 13.2 Å². The first-order valence-corrected chi connectivity index (χ1v) is 8.81. The molecule has 1 aliphatic carbocycles. The van der Waals surface area contributed by atoms with Gasteiger partial charge in [-0.15, -0.1) is 0 Å². The molecule has 0 unspecified atom stereocenters. The molecular formula is C16H28F3N3O2. The Labute approximate surface area is 141 Å². The normalized spacial score (nSPS) is 31.8. The van der Waals surface area contributed by atoms with Crippen molar-refractivity contribution in [2.75, 3.05) is 19.7 Å². The van der Waals surface area contributed by atoms with E-state index in [2.05, 4.69) is 5.32 Å². The molecule has 0 aromatic heterocycles. The second-order valence-corrected chi connectivity index (χ2v) is 6.75. The van der Waals surface area contributed by atoms with Gasteiger partial charge in [0, 0.05) is 19.1 Å². The summed E-state index contributed by atoms with van der Waals surface area (Å²) in [5, 5.41) is 2.78. The van der Waals surface area contributed by atoms with Gasteiger partial charge >= 0.3 is 12.2 Å². The highest BCUT2D eigenvalue weighted by molar-refractivity contribution is 5.74. The van der Waals surface area contributed by atoms with E-state index in [-0.39, 0.29) is 37.1 Å². The number of nitrogens with zero attached hydrogens (tertiary/aromatic N) is 1. The van der Waals surface area contributed by atoms with Crippen LogP contribution in [-0.2, 0) is 4.74 Å². The number of likely N-dealkylation sites (tertiary alicyclic amines) is 1. The topological polar surface area (TPSA) is 67.6 Å². The van der Waals surface area contributed by atoms with Crippen molar-refractivity contribution in [3.63, 3.8) is 0 Å². The maximum Gasteiger partial charge on any atom is 0.391 e. The Kier molecular flexibility index (Phi) is 6.74. The van der Waals surface area contributed by atoms with Crippen molar-refractivity contribution < 1.29 is 22.7 Å². The first-order valence-electron chi connectivity index (χ1n) is 8.81. The van der Waals surface area contributed by atoms with Gasteiger partial charge in [-0.25, -0.2) is 4.79 Å². The van der Waals surface area contributed by atoms with Crippen molar-refractivity contribution in [1.29, 1.82) is 0 Å². The number of nitrogens with two attached hydrogens (primary N) is 1. The zero-order chi connectivity index (χ0) is 17.7. The fourth-order valence-corrected chi connectivity index (χ4v) is 3.60. The maximum absolute atomic E-state index is 12.7. The SMILES string of the molecule is CCNC(=O)N1CCC[C@H](N)[C@@H]1COC1CCC(C(F)(F)F)CC1. The van der Waals surface area contributed by atoms with Gasteiger partial charge in [0.15, 0.2) is 0 Å². The molecule has 1 aliphatic heterocycles. The monoisotopic (exact) mass is 351 g/mol. The molecule has 5 nitrogen and oxygen atoms in total. The first-order chi connectivity index (χ1) is 11.3. The summed E-state index contributed by atoms with van der Waals surface area (Å²) in [5.74, 6) is -1.21. The van der Waals surface area contributed by atoms with Crippen molar-refractivity contribution in [2.24, 2.45) is 11.7 Å². The molecule has 140 valence electrons. The zero-order valence-corrected chi connectivity index (χ0v) is 14.1. The quantitative estimate of drug-likeness (QED) is 0.818. The van der Waals surface area contributed by atoms with Gasteiger partial charge in [0.1, 0.15) is 0 Å². The highest BCUT2D eigenvalue weighted by Crippen LogP contribution is 2.38. The fourth-order valence-electron chi connectivity index (χ4n) is 3.60. The van der Waals surface area contributed by atoms with Gasteiger partial charge < -0.3 is 20.7 Å². The van der Waals surface area contributed by atoms with Crippen LogP contribution in [0.4, 0.5) is 18.0 Å². The largest absolute Gasteiger partial charge is 0.391 e. The number of ether oxygens (including phenoxy) is 1. The summed E-state index contributed by atoms with van der Waals surface area (Å²) < 4.78 is 43.9. The minimum atomic E-state index is -4.11. The Morgan fingerprint density at radius 3 is 2.50 bits per heavy atom. The molecule has 0 spiro atoms. The van der Waals surface area contributed by atoms with Gasteiger partial charge in [0.05, 0.1) is 24.7 Å². The Morgan fingerprint density at radius 1 is 1.25 bits per heavy atom. The van der Waals surface area contributed by atoms with Crippen LogP contribution in [0, 0.1) is 5.92 Å². The van der Waals surface area contributed by atoms with E-state index >= 15 is 0 Å². The van der Waals surface area contributed by atoms with Crippen LogP contribution in [-0.4, -0.2) is 55.0 Å². The summed E-state index contributed by atoms with van der Waals surface area (Å²) in [6.07, 6.45) is -1.55. The third kappa shape index (κ3) is 4.99. The van der Waals surface area contributed by atoms with Gasteiger partial charge in [0.2, 0.25) is 0 Å². The number of rotatable bonds is 4. The molecule has 1 saturated heterocycles. The number of nitrogens with one attached hydrogen (secondary N) is 1. The predicted octanol–water partition coefficient (Wildman–Crippen LogP) is 2.65. The van der Waals surface area contributed by atoms with Crippen LogP contribution >= 0.6 is 0 Å². The molecule has 0 bridgehead atoms. The van der Waals surface area contributed by atoms with E-state index in [0.717, 1.165) is 12.8 Å². The van der Waals surface area contributed by atoms with Crippen LogP contribution in [0.2, 0.25) is 0 Å². The fraction of sp³-hybridized carbons (Fsp3) is 0.938. The molecule has 0 radical (unpaired) electrons. The molecule has 2 rings (SSSR count). The first kappa shape index (κ1) is 19.3. The Bertz CT molecular complexity index is 412. The second kappa shape index (κ2) is 8.38. The molecule has 2 fully saturated rings.